The number of nitrogens with one attached hydrogen (secondary N) is 1. The number of anilines is 1. The fourth-order valence-corrected chi connectivity index (χ4v) is 5.27. The van der Waals surface area contributed by atoms with Crippen molar-refractivity contribution in [3.8, 4) is 28.0 Å². The Morgan fingerprint density at radius 2 is 2.08 bits per heavy atom. The van der Waals surface area contributed by atoms with E-state index in [9.17, 15) is 4.79 Å². The van der Waals surface area contributed by atoms with E-state index in [-0.39, 0.29) is 13.2 Å². The Hall–Kier alpha value is -4.77. The lowest BCUT2D eigenvalue weighted by molar-refractivity contribution is 0.0383. The molecule has 1 aliphatic rings. The lowest BCUT2D eigenvalue weighted by Crippen LogP contribution is -2.35. The Labute approximate surface area is 227 Å². The van der Waals surface area contributed by atoms with E-state index in [1.54, 1.807) is 31.5 Å². The van der Waals surface area contributed by atoms with Crippen molar-refractivity contribution in [3.05, 3.63) is 66.6 Å². The van der Waals surface area contributed by atoms with Crippen LogP contribution >= 0.6 is 11.3 Å². The minimum Gasteiger partial charge on any atom is -0.484 e. The molecular weight excluding hydrogens is 518 g/mol. The molecule has 0 saturated carbocycles. The van der Waals surface area contributed by atoms with Crippen molar-refractivity contribution in [2.45, 2.75) is 13.0 Å². The summed E-state index contributed by atoms with van der Waals surface area (Å²) in [4.78, 5) is 30.3. The number of benzene rings is 2. The summed E-state index contributed by atoms with van der Waals surface area (Å²) in [7, 11) is 1.57. The molecule has 4 heterocycles. The minimum atomic E-state index is -0.605. The van der Waals surface area contributed by atoms with Crippen molar-refractivity contribution in [1.29, 1.82) is 0 Å². The first-order chi connectivity index (χ1) is 19.0. The fourth-order valence-electron chi connectivity index (χ4n) is 4.20. The van der Waals surface area contributed by atoms with Crippen molar-refractivity contribution < 1.29 is 23.7 Å². The number of carbonyl (C=O) groups excluding carboxylic acids is 1. The van der Waals surface area contributed by atoms with E-state index in [1.165, 1.54) is 17.5 Å². The molecule has 196 valence electrons. The summed E-state index contributed by atoms with van der Waals surface area (Å²) in [5, 5.41) is 3.44. The van der Waals surface area contributed by atoms with Gasteiger partial charge >= 0.3 is 6.09 Å². The van der Waals surface area contributed by atoms with Gasteiger partial charge in [0, 0.05) is 5.56 Å². The summed E-state index contributed by atoms with van der Waals surface area (Å²) in [6.07, 6.45) is 3.70. The molecule has 1 N–H and O–H groups in total. The molecule has 1 aliphatic heterocycles. The number of hydrogen-bond donors (Lipinski definition) is 1. The predicted molar refractivity (Wildman–Crippen MR) is 149 cm³/mol. The van der Waals surface area contributed by atoms with Crippen LogP contribution in [0.15, 0.2) is 55.4 Å². The number of fused-ring (bicyclic) bond motifs is 4. The molecule has 2 aromatic carbocycles. The smallest absolute Gasteiger partial charge is 0.411 e. The molecular formula is C28H23N5O5S. The molecule has 6 rings (SSSR count). The van der Waals surface area contributed by atoms with Gasteiger partial charge in [0.25, 0.3) is 0 Å². The molecule has 0 spiro atoms. The van der Waals surface area contributed by atoms with E-state index in [4.69, 9.17) is 23.9 Å². The van der Waals surface area contributed by atoms with E-state index in [0.717, 1.165) is 37.4 Å². The molecule has 0 unspecified atom stereocenters. The van der Waals surface area contributed by atoms with Crippen molar-refractivity contribution in [2.24, 2.45) is 0 Å². The van der Waals surface area contributed by atoms with Crippen LogP contribution < -0.4 is 19.5 Å². The molecule has 10 nitrogen and oxygen atoms in total. The quantitative estimate of drug-likeness (QED) is 0.291. The average Bonchev–Trinajstić information content (AvgIpc) is 3.40. The number of aromatic nitrogens is 4. The van der Waals surface area contributed by atoms with Crippen LogP contribution in [0.1, 0.15) is 11.3 Å². The number of ether oxygens (including phenoxy) is 4. The molecule has 0 aliphatic carbocycles. The van der Waals surface area contributed by atoms with E-state index in [0.29, 0.717) is 28.8 Å². The number of methoxy groups -OCH3 is 1. The Morgan fingerprint density at radius 3 is 2.87 bits per heavy atom. The van der Waals surface area contributed by atoms with Crippen LogP contribution in [0.25, 0.3) is 37.9 Å². The highest BCUT2D eigenvalue weighted by Crippen LogP contribution is 2.44. The number of pyridine rings is 1. The number of nitrogens with zero attached hydrogens (tertiary/aromatic N) is 4. The molecule has 0 fully saturated rings. The Morgan fingerprint density at radius 1 is 1.18 bits per heavy atom. The van der Waals surface area contributed by atoms with E-state index < -0.39 is 12.2 Å². The fraction of sp³-hybridized carbons (Fsp3) is 0.179. The molecule has 0 radical (unpaired) electrons. The lowest BCUT2D eigenvalue weighted by Gasteiger charge is -2.26. The highest BCUT2D eigenvalue weighted by molar-refractivity contribution is 7.22. The zero-order valence-electron chi connectivity index (χ0n) is 21.1. The van der Waals surface area contributed by atoms with Gasteiger partial charge in [0.2, 0.25) is 5.88 Å². The Bertz CT molecular complexity index is 1720. The standard InChI is InChI=1S/C28H23N5O5S/c1-4-16-5-6-17(11-29-16)31-28(34)37-14-18-13-36-25-22(38-18)8-7-20-26(25)39-27(33-20)19-9-15(2)10-21-24(19)30-12-23(32-21)35-3/h4-12,18H,1,13-14H2,2-3H3,(H,31,34)/t18-/m1/s1. The molecule has 3 aromatic heterocycles. The van der Waals surface area contributed by atoms with Crippen LogP contribution in [-0.2, 0) is 4.74 Å². The zero-order valence-corrected chi connectivity index (χ0v) is 21.9. The second-order valence-corrected chi connectivity index (χ2v) is 9.80. The number of thiazole rings is 1. The third kappa shape index (κ3) is 4.91. The van der Waals surface area contributed by atoms with Crippen molar-refractivity contribution in [2.75, 3.05) is 25.6 Å². The summed E-state index contributed by atoms with van der Waals surface area (Å²) in [6.45, 7) is 5.91. The van der Waals surface area contributed by atoms with Crippen LogP contribution in [0, 0.1) is 6.92 Å². The van der Waals surface area contributed by atoms with Crippen LogP contribution in [0.2, 0.25) is 0 Å². The van der Waals surface area contributed by atoms with Gasteiger partial charge in [-0.3, -0.25) is 10.3 Å². The first-order valence-corrected chi connectivity index (χ1v) is 12.9. The number of hydrogen-bond acceptors (Lipinski definition) is 10. The van der Waals surface area contributed by atoms with Crippen LogP contribution in [-0.4, -0.2) is 52.5 Å². The highest BCUT2D eigenvalue weighted by Gasteiger charge is 2.26. The summed E-state index contributed by atoms with van der Waals surface area (Å²) in [6, 6.07) is 11.2. The molecule has 11 heteroatoms. The lowest BCUT2D eigenvalue weighted by atomic mass is 10.1. The average molecular weight is 542 g/mol. The van der Waals surface area contributed by atoms with Gasteiger partial charge in [0.05, 0.1) is 47.4 Å². The van der Waals surface area contributed by atoms with Gasteiger partial charge in [0.1, 0.15) is 22.9 Å². The second-order valence-electron chi connectivity index (χ2n) is 8.80. The summed E-state index contributed by atoms with van der Waals surface area (Å²) in [5.41, 5.74) is 5.43. The van der Waals surface area contributed by atoms with Gasteiger partial charge in [-0.1, -0.05) is 6.58 Å². The summed E-state index contributed by atoms with van der Waals surface area (Å²) < 4.78 is 23.6. The SMILES string of the molecule is C=Cc1ccc(NC(=O)OC[C@H]2COc3c(ccc4nc(-c5cc(C)cc6nc(OC)cnc56)sc34)O2)cn1. The molecule has 1 atom stereocenters. The maximum Gasteiger partial charge on any atom is 0.411 e. The molecule has 5 aromatic rings. The largest absolute Gasteiger partial charge is 0.484 e. The van der Waals surface area contributed by atoms with Crippen LogP contribution in [0.4, 0.5) is 10.5 Å². The van der Waals surface area contributed by atoms with Gasteiger partial charge in [-0.2, -0.15) is 0 Å². The molecule has 1 amide bonds. The van der Waals surface area contributed by atoms with Crippen molar-refractivity contribution in [3.63, 3.8) is 0 Å². The summed E-state index contributed by atoms with van der Waals surface area (Å²) >= 11 is 1.50. The number of amides is 1. The van der Waals surface area contributed by atoms with E-state index in [2.05, 4.69) is 26.8 Å². The maximum absolute atomic E-state index is 12.2. The third-order valence-electron chi connectivity index (χ3n) is 6.03. The van der Waals surface area contributed by atoms with Gasteiger partial charge in [-0.15, -0.1) is 11.3 Å². The predicted octanol–water partition coefficient (Wildman–Crippen LogP) is 5.65. The van der Waals surface area contributed by atoms with Crippen molar-refractivity contribution >= 4 is 50.4 Å². The first-order valence-electron chi connectivity index (χ1n) is 12.1. The monoisotopic (exact) mass is 541 g/mol. The van der Waals surface area contributed by atoms with Gasteiger partial charge in [-0.05, 0) is 55.0 Å². The Balaban J connectivity index is 1.19. The van der Waals surface area contributed by atoms with E-state index >= 15 is 0 Å². The zero-order chi connectivity index (χ0) is 26.9. The van der Waals surface area contributed by atoms with Gasteiger partial charge in [0.15, 0.2) is 17.6 Å². The van der Waals surface area contributed by atoms with Gasteiger partial charge in [-0.25, -0.2) is 19.7 Å². The number of carbonyl (C=O) groups is 1. The minimum absolute atomic E-state index is 0.0207. The van der Waals surface area contributed by atoms with Crippen molar-refractivity contribution in [1.82, 2.24) is 19.9 Å². The molecule has 0 saturated heterocycles. The van der Waals surface area contributed by atoms with Gasteiger partial charge < -0.3 is 18.9 Å². The number of rotatable bonds is 6. The number of aryl methyl sites for hydroxylation is 1. The first kappa shape index (κ1) is 24.6. The summed E-state index contributed by atoms with van der Waals surface area (Å²) in [5.74, 6) is 1.65. The van der Waals surface area contributed by atoms with Crippen LogP contribution in [0.3, 0.4) is 0 Å². The topological polar surface area (TPSA) is 118 Å². The highest BCUT2D eigenvalue weighted by atomic mass is 32.1. The maximum atomic E-state index is 12.2. The molecule has 39 heavy (non-hydrogen) atoms. The Kier molecular flexibility index (Phi) is 6.41. The van der Waals surface area contributed by atoms with E-state index in [1.807, 2.05) is 31.2 Å². The molecule has 0 bridgehead atoms. The third-order valence-corrected chi connectivity index (χ3v) is 7.14. The normalized spacial score (nSPS) is 14.3. The van der Waals surface area contributed by atoms with Crippen LogP contribution in [0.5, 0.6) is 17.4 Å². The second kappa shape index (κ2) is 10.2.